The molecule has 2 rings (SSSR count). The molecular formula is C20H19ClO6. The number of hydrogen-bond donors (Lipinski definition) is 0. The highest BCUT2D eigenvalue weighted by Crippen LogP contribution is 2.36. The molecule has 0 N–H and O–H groups in total. The van der Waals surface area contributed by atoms with Gasteiger partial charge < -0.3 is 18.9 Å². The van der Waals surface area contributed by atoms with Crippen molar-refractivity contribution in [1.82, 2.24) is 0 Å². The number of carbonyl (C=O) groups is 2. The molecule has 0 aliphatic rings. The van der Waals surface area contributed by atoms with Crippen LogP contribution in [0.5, 0.6) is 11.5 Å². The zero-order valence-corrected chi connectivity index (χ0v) is 15.9. The Labute approximate surface area is 162 Å². The van der Waals surface area contributed by atoms with Crippen LogP contribution in [0.2, 0.25) is 5.02 Å². The van der Waals surface area contributed by atoms with Crippen molar-refractivity contribution in [1.29, 1.82) is 0 Å². The van der Waals surface area contributed by atoms with Crippen LogP contribution in [0.4, 0.5) is 0 Å². The average molecular weight is 391 g/mol. The third-order valence-corrected chi connectivity index (χ3v) is 3.88. The molecule has 0 spiro atoms. The Bertz CT molecular complexity index is 860. The first kappa shape index (κ1) is 20.3. The molecule has 27 heavy (non-hydrogen) atoms. The second kappa shape index (κ2) is 9.64. The summed E-state index contributed by atoms with van der Waals surface area (Å²) in [5.41, 5.74) is 1.72. The average Bonchev–Trinajstić information content (AvgIpc) is 2.69. The molecular weight excluding hydrogens is 372 g/mol. The van der Waals surface area contributed by atoms with Gasteiger partial charge in [0.15, 0.2) is 11.5 Å². The summed E-state index contributed by atoms with van der Waals surface area (Å²) < 4.78 is 20.2. The number of methoxy groups -OCH3 is 3. The molecule has 0 atom stereocenters. The molecule has 0 saturated heterocycles. The van der Waals surface area contributed by atoms with Crippen LogP contribution in [0.3, 0.4) is 0 Å². The van der Waals surface area contributed by atoms with Gasteiger partial charge in [-0.15, -0.1) is 0 Å². The third kappa shape index (κ3) is 5.49. The Kier molecular flexibility index (Phi) is 7.25. The van der Waals surface area contributed by atoms with Crippen LogP contribution in [0.25, 0.3) is 6.08 Å². The molecule has 142 valence electrons. The van der Waals surface area contributed by atoms with E-state index in [4.69, 9.17) is 25.8 Å². The van der Waals surface area contributed by atoms with Gasteiger partial charge in [-0.25, -0.2) is 9.59 Å². The normalized spacial score (nSPS) is 10.5. The molecule has 0 fully saturated rings. The van der Waals surface area contributed by atoms with E-state index in [-0.39, 0.29) is 6.61 Å². The molecule has 0 saturated carbocycles. The monoisotopic (exact) mass is 390 g/mol. The molecule has 7 heteroatoms. The zero-order chi connectivity index (χ0) is 19.8. The lowest BCUT2D eigenvalue weighted by atomic mass is 10.1. The van der Waals surface area contributed by atoms with Gasteiger partial charge in [-0.1, -0.05) is 23.7 Å². The molecule has 0 aromatic heterocycles. The van der Waals surface area contributed by atoms with Gasteiger partial charge in [-0.2, -0.15) is 0 Å². The summed E-state index contributed by atoms with van der Waals surface area (Å²) in [6.45, 7) is 0.0285. The summed E-state index contributed by atoms with van der Waals surface area (Å²) >= 11 is 6.13. The van der Waals surface area contributed by atoms with Gasteiger partial charge in [-0.3, -0.25) is 0 Å². The summed E-state index contributed by atoms with van der Waals surface area (Å²) in [5.74, 6) is -0.111. The highest BCUT2D eigenvalue weighted by atomic mass is 35.5. The number of carbonyl (C=O) groups excluding carboxylic acids is 2. The van der Waals surface area contributed by atoms with E-state index >= 15 is 0 Å². The fourth-order valence-corrected chi connectivity index (χ4v) is 2.60. The number of hydrogen-bond acceptors (Lipinski definition) is 6. The number of benzene rings is 2. The quantitative estimate of drug-likeness (QED) is 0.527. The highest BCUT2D eigenvalue weighted by Gasteiger charge is 2.10. The Morgan fingerprint density at radius 1 is 1.07 bits per heavy atom. The van der Waals surface area contributed by atoms with E-state index in [2.05, 4.69) is 4.74 Å². The van der Waals surface area contributed by atoms with Gasteiger partial charge in [0.2, 0.25) is 0 Å². The topological polar surface area (TPSA) is 71.1 Å². The van der Waals surface area contributed by atoms with Crippen molar-refractivity contribution in [3.63, 3.8) is 0 Å². The fourth-order valence-electron chi connectivity index (χ4n) is 2.31. The first-order valence-electron chi connectivity index (χ1n) is 7.92. The maximum Gasteiger partial charge on any atom is 0.337 e. The lowest BCUT2D eigenvalue weighted by Crippen LogP contribution is -2.04. The Hall–Kier alpha value is -2.99. The second-order valence-electron chi connectivity index (χ2n) is 5.37. The predicted octanol–water partition coefficient (Wildman–Crippen LogP) is 3.90. The van der Waals surface area contributed by atoms with E-state index in [0.29, 0.717) is 33.2 Å². The summed E-state index contributed by atoms with van der Waals surface area (Å²) in [6, 6.07) is 10.0. The van der Waals surface area contributed by atoms with Gasteiger partial charge in [0.1, 0.15) is 6.61 Å². The Balaban J connectivity index is 2.02. The maximum atomic E-state index is 11.9. The molecule has 0 bridgehead atoms. The summed E-state index contributed by atoms with van der Waals surface area (Å²) in [5, 5.41) is 0.365. The predicted molar refractivity (Wildman–Crippen MR) is 101 cm³/mol. The molecule has 0 unspecified atom stereocenters. The first-order valence-corrected chi connectivity index (χ1v) is 8.30. The van der Waals surface area contributed by atoms with Crippen LogP contribution in [0.1, 0.15) is 21.5 Å². The van der Waals surface area contributed by atoms with Crippen molar-refractivity contribution in [3.8, 4) is 11.5 Å². The van der Waals surface area contributed by atoms with Gasteiger partial charge in [0, 0.05) is 6.08 Å². The van der Waals surface area contributed by atoms with Crippen molar-refractivity contribution < 1.29 is 28.5 Å². The number of rotatable bonds is 7. The number of esters is 2. The van der Waals surface area contributed by atoms with Crippen molar-refractivity contribution in [3.05, 3.63) is 64.2 Å². The molecule has 0 aliphatic carbocycles. The lowest BCUT2D eigenvalue weighted by Gasteiger charge is -2.10. The summed E-state index contributed by atoms with van der Waals surface area (Å²) in [7, 11) is 4.30. The van der Waals surface area contributed by atoms with E-state index in [1.807, 2.05) is 0 Å². The standard InChI is InChI=1S/C20H19ClO6/c1-24-17-11-13(10-16(21)19(17)25-2)7-8-18(22)27-12-14-5-4-6-15(9-14)20(23)26-3/h4-11H,12H2,1-3H3/b8-7+. The zero-order valence-electron chi connectivity index (χ0n) is 15.2. The van der Waals surface area contributed by atoms with E-state index in [1.54, 1.807) is 42.5 Å². The molecule has 6 nitrogen and oxygen atoms in total. The third-order valence-electron chi connectivity index (χ3n) is 3.60. The second-order valence-corrected chi connectivity index (χ2v) is 5.78. The largest absolute Gasteiger partial charge is 0.493 e. The van der Waals surface area contributed by atoms with Crippen LogP contribution in [0, 0.1) is 0 Å². The van der Waals surface area contributed by atoms with Crippen LogP contribution < -0.4 is 9.47 Å². The van der Waals surface area contributed by atoms with Crippen LogP contribution in [0.15, 0.2) is 42.5 Å². The molecule has 0 heterocycles. The molecule has 0 amide bonds. The van der Waals surface area contributed by atoms with E-state index in [0.717, 1.165) is 0 Å². The van der Waals surface area contributed by atoms with Gasteiger partial charge in [0.05, 0.1) is 31.9 Å². The Morgan fingerprint density at radius 2 is 1.85 bits per heavy atom. The smallest absolute Gasteiger partial charge is 0.337 e. The summed E-state index contributed by atoms with van der Waals surface area (Å²) in [6.07, 6.45) is 2.84. The van der Waals surface area contributed by atoms with Crippen molar-refractivity contribution in [2.45, 2.75) is 6.61 Å². The molecule has 2 aromatic carbocycles. The van der Waals surface area contributed by atoms with Crippen LogP contribution in [-0.4, -0.2) is 33.3 Å². The molecule has 2 aromatic rings. The van der Waals surface area contributed by atoms with Gasteiger partial charge in [0.25, 0.3) is 0 Å². The minimum atomic E-state index is -0.538. The van der Waals surface area contributed by atoms with Gasteiger partial charge >= 0.3 is 11.9 Å². The van der Waals surface area contributed by atoms with Crippen LogP contribution in [-0.2, 0) is 20.9 Å². The summed E-state index contributed by atoms with van der Waals surface area (Å²) in [4.78, 5) is 23.5. The maximum absolute atomic E-state index is 11.9. The van der Waals surface area contributed by atoms with Crippen molar-refractivity contribution in [2.75, 3.05) is 21.3 Å². The minimum absolute atomic E-state index is 0.0285. The molecule has 0 radical (unpaired) electrons. The highest BCUT2D eigenvalue weighted by molar-refractivity contribution is 6.32. The fraction of sp³-hybridized carbons (Fsp3) is 0.200. The number of ether oxygens (including phenoxy) is 4. The first-order chi connectivity index (χ1) is 13.0. The van der Waals surface area contributed by atoms with Crippen molar-refractivity contribution in [2.24, 2.45) is 0 Å². The van der Waals surface area contributed by atoms with E-state index in [1.165, 1.54) is 27.4 Å². The Morgan fingerprint density at radius 3 is 2.52 bits per heavy atom. The minimum Gasteiger partial charge on any atom is -0.493 e. The lowest BCUT2D eigenvalue weighted by molar-refractivity contribution is -0.138. The van der Waals surface area contributed by atoms with Gasteiger partial charge in [-0.05, 0) is 41.5 Å². The van der Waals surface area contributed by atoms with E-state index < -0.39 is 11.9 Å². The SMILES string of the molecule is COC(=O)c1cccc(COC(=O)/C=C/c2cc(Cl)c(OC)c(OC)c2)c1. The van der Waals surface area contributed by atoms with Crippen LogP contribution >= 0.6 is 11.6 Å². The molecule has 0 aliphatic heterocycles. The van der Waals surface area contributed by atoms with Crippen molar-refractivity contribution >= 4 is 29.6 Å². The number of halogens is 1. The van der Waals surface area contributed by atoms with E-state index in [9.17, 15) is 9.59 Å².